The van der Waals surface area contributed by atoms with Gasteiger partial charge in [-0.25, -0.2) is 5.11 Å². The third-order valence-electron chi connectivity index (χ3n) is 4.58. The van der Waals surface area contributed by atoms with Crippen LogP contribution in [0.4, 0.5) is 0 Å². The van der Waals surface area contributed by atoms with Crippen molar-refractivity contribution < 1.29 is 5.11 Å². The molecular weight excluding hydrogens is 160 g/mol. The van der Waals surface area contributed by atoms with Crippen molar-refractivity contribution in [2.45, 2.75) is 37.7 Å². The summed E-state index contributed by atoms with van der Waals surface area (Å²) in [5.41, 5.74) is -0.601. The molecule has 0 amide bonds. The standard InChI is InChI=1S/C12H17O/c1-2-11-10-4-8-3-9(5-10)7-12(11,13)6-8/h2,8-11H,1,3-7H2. The zero-order chi connectivity index (χ0) is 9.05. The van der Waals surface area contributed by atoms with E-state index in [0.717, 1.165) is 24.7 Å². The van der Waals surface area contributed by atoms with Gasteiger partial charge in [0.1, 0.15) is 5.60 Å². The summed E-state index contributed by atoms with van der Waals surface area (Å²) in [6.45, 7) is 3.85. The number of rotatable bonds is 1. The van der Waals surface area contributed by atoms with Gasteiger partial charge in [-0.2, -0.15) is 0 Å². The monoisotopic (exact) mass is 177 g/mol. The summed E-state index contributed by atoms with van der Waals surface area (Å²) < 4.78 is 0. The highest BCUT2D eigenvalue weighted by atomic mass is 16.3. The topological polar surface area (TPSA) is 19.9 Å². The Morgan fingerprint density at radius 3 is 2.23 bits per heavy atom. The van der Waals surface area contributed by atoms with Crippen LogP contribution in [0.15, 0.2) is 12.7 Å². The summed E-state index contributed by atoms with van der Waals surface area (Å²) in [5.74, 6) is 2.53. The lowest BCUT2D eigenvalue weighted by Gasteiger charge is -2.57. The van der Waals surface area contributed by atoms with Crippen LogP contribution in [0.2, 0.25) is 0 Å². The summed E-state index contributed by atoms with van der Waals surface area (Å²) in [7, 11) is 0. The molecule has 0 saturated heterocycles. The lowest BCUT2D eigenvalue weighted by Crippen LogP contribution is -2.55. The quantitative estimate of drug-likeness (QED) is 0.549. The van der Waals surface area contributed by atoms with Crippen molar-refractivity contribution in [1.82, 2.24) is 0 Å². The molecule has 4 saturated carbocycles. The normalized spacial score (nSPS) is 58.2. The van der Waals surface area contributed by atoms with E-state index < -0.39 is 5.60 Å². The molecule has 0 aromatic rings. The summed E-state index contributed by atoms with van der Waals surface area (Å²) >= 11 is 0. The predicted octanol–water partition coefficient (Wildman–Crippen LogP) is 2.80. The van der Waals surface area contributed by atoms with Crippen LogP contribution in [0, 0.1) is 23.7 Å². The average Bonchev–Trinajstić information content (AvgIpc) is 2.00. The zero-order valence-corrected chi connectivity index (χ0v) is 8.04. The molecule has 0 aromatic carbocycles. The minimum atomic E-state index is -0.601. The molecule has 0 N–H and O–H groups in total. The van der Waals surface area contributed by atoms with Crippen molar-refractivity contribution >= 4 is 0 Å². The number of hydrogen-bond acceptors (Lipinski definition) is 0. The molecule has 4 rings (SSSR count). The molecular formula is C12H17O. The van der Waals surface area contributed by atoms with Crippen LogP contribution in [-0.2, 0) is 5.11 Å². The second kappa shape index (κ2) is 2.38. The molecule has 0 heterocycles. The molecule has 4 aliphatic carbocycles. The molecule has 71 valence electrons. The first-order valence-corrected chi connectivity index (χ1v) is 5.54. The van der Waals surface area contributed by atoms with Crippen LogP contribution in [0.3, 0.4) is 0 Å². The Bertz CT molecular complexity index is 232. The van der Waals surface area contributed by atoms with Gasteiger partial charge in [-0.15, -0.1) is 6.58 Å². The molecule has 4 aliphatic rings. The maximum atomic E-state index is 12.5. The van der Waals surface area contributed by atoms with Gasteiger partial charge in [0.05, 0.1) is 0 Å². The van der Waals surface area contributed by atoms with Crippen molar-refractivity contribution in [3.8, 4) is 0 Å². The third kappa shape index (κ3) is 0.969. The number of hydrogen-bond donors (Lipinski definition) is 0. The van der Waals surface area contributed by atoms with Gasteiger partial charge in [-0.05, 0) is 49.9 Å². The first-order chi connectivity index (χ1) is 6.21. The van der Waals surface area contributed by atoms with Gasteiger partial charge >= 0.3 is 0 Å². The fourth-order valence-corrected chi connectivity index (χ4v) is 4.41. The highest BCUT2D eigenvalue weighted by Gasteiger charge is 2.56. The van der Waals surface area contributed by atoms with E-state index in [-0.39, 0.29) is 0 Å². The van der Waals surface area contributed by atoms with Crippen LogP contribution in [0.1, 0.15) is 32.1 Å². The van der Waals surface area contributed by atoms with Crippen molar-refractivity contribution in [3.63, 3.8) is 0 Å². The van der Waals surface area contributed by atoms with Crippen LogP contribution in [0.25, 0.3) is 0 Å². The summed E-state index contributed by atoms with van der Waals surface area (Å²) in [5, 5.41) is 12.5. The van der Waals surface area contributed by atoms with E-state index in [4.69, 9.17) is 0 Å². The molecule has 1 nitrogen and oxygen atoms in total. The van der Waals surface area contributed by atoms with E-state index in [1.807, 2.05) is 6.08 Å². The summed E-state index contributed by atoms with van der Waals surface area (Å²) in [6, 6.07) is 0. The van der Waals surface area contributed by atoms with Crippen molar-refractivity contribution in [1.29, 1.82) is 0 Å². The lowest BCUT2D eigenvalue weighted by molar-refractivity contribution is -0.189. The predicted molar refractivity (Wildman–Crippen MR) is 50.7 cm³/mol. The van der Waals surface area contributed by atoms with Gasteiger partial charge in [0.2, 0.25) is 0 Å². The maximum Gasteiger partial charge on any atom is 0.111 e. The van der Waals surface area contributed by atoms with Gasteiger partial charge in [0.15, 0.2) is 0 Å². The van der Waals surface area contributed by atoms with Gasteiger partial charge in [-0.1, -0.05) is 6.08 Å². The minimum Gasteiger partial charge on any atom is -0.229 e. The highest BCUT2D eigenvalue weighted by molar-refractivity contribution is 5.11. The Morgan fingerprint density at radius 2 is 1.77 bits per heavy atom. The highest BCUT2D eigenvalue weighted by Crippen LogP contribution is 2.58. The Morgan fingerprint density at radius 1 is 1.15 bits per heavy atom. The largest absolute Gasteiger partial charge is 0.229 e. The van der Waals surface area contributed by atoms with E-state index >= 15 is 0 Å². The first kappa shape index (κ1) is 8.05. The van der Waals surface area contributed by atoms with Crippen LogP contribution in [0.5, 0.6) is 0 Å². The minimum absolute atomic E-state index is 0.292. The van der Waals surface area contributed by atoms with Gasteiger partial charge < -0.3 is 0 Å². The molecule has 0 aliphatic heterocycles. The molecule has 0 spiro atoms. The molecule has 0 aromatic heterocycles. The summed E-state index contributed by atoms with van der Waals surface area (Å²) in [4.78, 5) is 0. The lowest BCUT2D eigenvalue weighted by atomic mass is 9.50. The molecule has 1 radical (unpaired) electrons. The van der Waals surface area contributed by atoms with Crippen molar-refractivity contribution in [3.05, 3.63) is 12.7 Å². The Hall–Kier alpha value is -0.300. The molecule has 13 heavy (non-hydrogen) atoms. The van der Waals surface area contributed by atoms with E-state index in [9.17, 15) is 5.11 Å². The zero-order valence-electron chi connectivity index (χ0n) is 8.04. The van der Waals surface area contributed by atoms with E-state index in [2.05, 4.69) is 6.58 Å². The third-order valence-corrected chi connectivity index (χ3v) is 4.58. The maximum absolute atomic E-state index is 12.5. The Kier molecular flexibility index (Phi) is 1.48. The SMILES string of the molecule is C=CC1C2CC3CC(C2)CC1([O])C3. The van der Waals surface area contributed by atoms with Crippen LogP contribution in [-0.4, -0.2) is 5.60 Å². The Labute approximate surface area is 79.8 Å². The summed E-state index contributed by atoms with van der Waals surface area (Å²) in [6.07, 6.45) is 7.82. The first-order valence-electron chi connectivity index (χ1n) is 5.54. The molecule has 1 heteroatoms. The van der Waals surface area contributed by atoms with Gasteiger partial charge in [0.25, 0.3) is 0 Å². The van der Waals surface area contributed by atoms with Crippen molar-refractivity contribution in [2.75, 3.05) is 0 Å². The van der Waals surface area contributed by atoms with Crippen molar-refractivity contribution in [2.24, 2.45) is 23.7 Å². The second-order valence-corrected chi connectivity index (χ2v) is 5.43. The second-order valence-electron chi connectivity index (χ2n) is 5.43. The van der Waals surface area contributed by atoms with Crippen LogP contribution < -0.4 is 0 Å². The average molecular weight is 177 g/mol. The van der Waals surface area contributed by atoms with Crippen LogP contribution >= 0.6 is 0 Å². The molecule has 4 bridgehead atoms. The van der Waals surface area contributed by atoms with E-state index in [1.54, 1.807) is 0 Å². The fraction of sp³-hybridized carbons (Fsp3) is 0.833. The molecule has 4 fully saturated rings. The molecule has 3 atom stereocenters. The smallest absolute Gasteiger partial charge is 0.111 e. The fourth-order valence-electron chi connectivity index (χ4n) is 4.41. The van der Waals surface area contributed by atoms with Gasteiger partial charge in [0, 0.05) is 5.92 Å². The van der Waals surface area contributed by atoms with E-state index in [1.165, 1.54) is 19.3 Å². The van der Waals surface area contributed by atoms with Gasteiger partial charge in [-0.3, -0.25) is 0 Å². The Balaban J connectivity index is 1.98. The van der Waals surface area contributed by atoms with E-state index in [0.29, 0.717) is 11.8 Å². The molecule has 3 unspecified atom stereocenters.